The van der Waals surface area contributed by atoms with Gasteiger partial charge in [0.15, 0.2) is 0 Å². The fourth-order valence-corrected chi connectivity index (χ4v) is 3.96. The highest BCUT2D eigenvalue weighted by Gasteiger charge is 2.52. The minimum absolute atomic E-state index is 0.0000251. The number of nitrogen functional groups attached to an aromatic ring is 1. The molecule has 2 aromatic rings. The number of nitrogens with zero attached hydrogens (tertiary/aromatic N) is 2. The number of nitrogens with two attached hydrogens (primary N) is 1. The number of rotatable bonds is 6. The molecule has 0 unspecified atom stereocenters. The van der Waals surface area contributed by atoms with Gasteiger partial charge in [-0.25, -0.2) is 14.4 Å². The summed E-state index contributed by atoms with van der Waals surface area (Å²) in [6, 6.07) is 3.11. The molecule has 2 aliphatic rings. The standard InChI is InChI=1S/C21H21F3N4O3/c22-14(5-11-9-26-20(25)27-10-11)13-6-12(1-2-17(13)31-19(23)24)18(30)28-15-7-21(3-4-21)8-16(15)29/h1-2,5-6,9-10,15-16,19,29H,3-4,7-8H2,(H,28,30)(H2,25,26,27)/b14-5-/t15-,16-/m0/s1. The van der Waals surface area contributed by atoms with Crippen LogP contribution in [-0.4, -0.2) is 39.7 Å². The fourth-order valence-electron chi connectivity index (χ4n) is 3.96. The second-order valence-corrected chi connectivity index (χ2v) is 8.01. The Kier molecular flexibility index (Phi) is 5.57. The minimum Gasteiger partial charge on any atom is -0.434 e. The maximum Gasteiger partial charge on any atom is 0.387 e. The number of anilines is 1. The van der Waals surface area contributed by atoms with Crippen LogP contribution in [-0.2, 0) is 0 Å². The van der Waals surface area contributed by atoms with Crippen molar-refractivity contribution in [3.05, 3.63) is 47.3 Å². The van der Waals surface area contributed by atoms with Crippen molar-refractivity contribution in [3.8, 4) is 5.75 Å². The largest absolute Gasteiger partial charge is 0.434 e. The van der Waals surface area contributed by atoms with Crippen molar-refractivity contribution < 1.29 is 27.8 Å². The number of ether oxygens (including phenoxy) is 1. The summed E-state index contributed by atoms with van der Waals surface area (Å²) in [6.45, 7) is -3.17. The summed E-state index contributed by atoms with van der Waals surface area (Å²) in [6.07, 6.45) is 6.30. The molecule has 1 aromatic carbocycles. The zero-order valence-electron chi connectivity index (χ0n) is 16.4. The molecule has 2 atom stereocenters. The topological polar surface area (TPSA) is 110 Å². The van der Waals surface area contributed by atoms with Gasteiger partial charge in [-0.1, -0.05) is 0 Å². The number of halogens is 3. The van der Waals surface area contributed by atoms with E-state index >= 15 is 0 Å². The Bertz CT molecular complexity index is 1010. The third kappa shape index (κ3) is 4.79. The number of carbonyl (C=O) groups is 1. The number of nitrogens with one attached hydrogen (secondary N) is 1. The lowest BCUT2D eigenvalue weighted by atomic mass is 10.0. The van der Waals surface area contributed by atoms with Crippen LogP contribution in [0.2, 0.25) is 0 Å². The van der Waals surface area contributed by atoms with Crippen molar-refractivity contribution in [1.29, 1.82) is 0 Å². The van der Waals surface area contributed by atoms with E-state index in [1.54, 1.807) is 0 Å². The third-order valence-corrected chi connectivity index (χ3v) is 5.73. The predicted molar refractivity (Wildman–Crippen MR) is 107 cm³/mol. The third-order valence-electron chi connectivity index (χ3n) is 5.73. The number of hydrogen-bond donors (Lipinski definition) is 3. The first-order valence-electron chi connectivity index (χ1n) is 9.78. The minimum atomic E-state index is -3.17. The van der Waals surface area contributed by atoms with Crippen molar-refractivity contribution in [2.75, 3.05) is 5.73 Å². The van der Waals surface area contributed by atoms with E-state index in [1.807, 2.05) is 0 Å². The number of hydrogen-bond acceptors (Lipinski definition) is 6. The van der Waals surface area contributed by atoms with E-state index in [-0.39, 0.29) is 28.1 Å². The monoisotopic (exact) mass is 434 g/mol. The van der Waals surface area contributed by atoms with Crippen molar-refractivity contribution in [1.82, 2.24) is 15.3 Å². The zero-order valence-corrected chi connectivity index (χ0v) is 16.4. The van der Waals surface area contributed by atoms with Crippen LogP contribution in [0.3, 0.4) is 0 Å². The Balaban J connectivity index is 1.59. The zero-order chi connectivity index (χ0) is 22.2. The average molecular weight is 434 g/mol. The molecule has 1 heterocycles. The highest BCUT2D eigenvalue weighted by atomic mass is 19.3. The molecule has 2 saturated carbocycles. The number of benzene rings is 1. The summed E-state index contributed by atoms with van der Waals surface area (Å²) in [4.78, 5) is 20.2. The lowest BCUT2D eigenvalue weighted by Crippen LogP contribution is -2.39. The van der Waals surface area contributed by atoms with Crippen LogP contribution in [0.15, 0.2) is 30.6 Å². The van der Waals surface area contributed by atoms with Crippen LogP contribution < -0.4 is 15.8 Å². The second kappa shape index (κ2) is 8.18. The predicted octanol–water partition coefficient (Wildman–Crippen LogP) is 3.16. The molecule has 0 bridgehead atoms. The van der Waals surface area contributed by atoms with E-state index in [9.17, 15) is 23.1 Å². The summed E-state index contributed by atoms with van der Waals surface area (Å²) >= 11 is 0. The van der Waals surface area contributed by atoms with E-state index in [2.05, 4.69) is 20.0 Å². The van der Waals surface area contributed by atoms with Gasteiger partial charge in [-0.05, 0) is 55.4 Å². The molecule has 0 aliphatic heterocycles. The first-order chi connectivity index (χ1) is 14.7. The Morgan fingerprint density at radius 1 is 1.29 bits per heavy atom. The molecule has 0 saturated heterocycles. The number of alkyl halides is 2. The molecule has 1 aromatic heterocycles. The van der Waals surface area contributed by atoms with E-state index in [0.717, 1.165) is 31.1 Å². The summed E-state index contributed by atoms with van der Waals surface area (Å²) < 4.78 is 44.9. The van der Waals surface area contributed by atoms with E-state index in [0.29, 0.717) is 12.8 Å². The van der Waals surface area contributed by atoms with Gasteiger partial charge in [-0.3, -0.25) is 4.79 Å². The van der Waals surface area contributed by atoms with Crippen LogP contribution in [0, 0.1) is 5.41 Å². The molecular formula is C21H21F3N4O3. The molecule has 0 radical (unpaired) electrons. The molecule has 7 nitrogen and oxygen atoms in total. The Morgan fingerprint density at radius 3 is 2.61 bits per heavy atom. The van der Waals surface area contributed by atoms with Crippen molar-refractivity contribution in [3.63, 3.8) is 0 Å². The first-order valence-corrected chi connectivity index (χ1v) is 9.78. The van der Waals surface area contributed by atoms with Crippen LogP contribution in [0.4, 0.5) is 19.1 Å². The lowest BCUT2D eigenvalue weighted by molar-refractivity contribution is -0.0500. The number of aliphatic hydroxyl groups excluding tert-OH is 1. The molecule has 1 amide bonds. The van der Waals surface area contributed by atoms with Gasteiger partial charge in [0, 0.05) is 23.5 Å². The van der Waals surface area contributed by atoms with Gasteiger partial charge < -0.3 is 20.9 Å². The molecular weight excluding hydrogens is 413 g/mol. The molecule has 4 rings (SSSR count). The second-order valence-electron chi connectivity index (χ2n) is 8.01. The van der Waals surface area contributed by atoms with Crippen molar-refractivity contribution in [2.45, 2.75) is 44.4 Å². The summed E-state index contributed by atoms with van der Waals surface area (Å²) in [5, 5.41) is 13.0. The number of amides is 1. The van der Waals surface area contributed by atoms with Crippen LogP contribution in [0.1, 0.15) is 47.2 Å². The maximum absolute atomic E-state index is 14.9. The molecule has 164 valence electrons. The van der Waals surface area contributed by atoms with Gasteiger partial charge in [-0.15, -0.1) is 0 Å². The molecule has 31 heavy (non-hydrogen) atoms. The highest BCUT2D eigenvalue weighted by Crippen LogP contribution is 2.57. The highest BCUT2D eigenvalue weighted by molar-refractivity contribution is 5.96. The summed E-state index contributed by atoms with van der Waals surface area (Å²) in [7, 11) is 0. The Morgan fingerprint density at radius 2 is 2.00 bits per heavy atom. The van der Waals surface area contributed by atoms with Crippen molar-refractivity contribution >= 4 is 23.8 Å². The van der Waals surface area contributed by atoms with Crippen LogP contribution >= 0.6 is 0 Å². The molecule has 2 fully saturated rings. The van der Waals surface area contributed by atoms with Gasteiger partial charge >= 0.3 is 6.61 Å². The summed E-state index contributed by atoms with van der Waals surface area (Å²) in [5.74, 6) is -1.87. The van der Waals surface area contributed by atoms with Crippen LogP contribution in [0.25, 0.3) is 11.9 Å². The van der Waals surface area contributed by atoms with Gasteiger partial charge in [0.1, 0.15) is 11.6 Å². The van der Waals surface area contributed by atoms with Gasteiger partial charge in [0.25, 0.3) is 5.91 Å². The van der Waals surface area contributed by atoms with Gasteiger partial charge in [0.05, 0.1) is 17.7 Å². The molecule has 4 N–H and O–H groups in total. The maximum atomic E-state index is 14.9. The quantitative estimate of drug-likeness (QED) is 0.644. The van der Waals surface area contributed by atoms with E-state index in [1.165, 1.54) is 18.5 Å². The number of carbonyl (C=O) groups excluding carboxylic acids is 1. The SMILES string of the molecule is Nc1ncc(/C=C(\F)c2cc(C(=O)N[C@H]3CC4(CC4)C[C@@H]3O)ccc2OC(F)F)cn1. The molecule has 1 spiro atoms. The molecule has 2 aliphatic carbocycles. The Labute approximate surface area is 176 Å². The Hall–Kier alpha value is -3.14. The normalized spacial score (nSPS) is 22.0. The van der Waals surface area contributed by atoms with E-state index in [4.69, 9.17) is 5.73 Å². The lowest BCUT2D eigenvalue weighted by Gasteiger charge is -2.17. The average Bonchev–Trinajstić information content (AvgIpc) is 3.39. The first kappa shape index (κ1) is 21.1. The van der Waals surface area contributed by atoms with Crippen molar-refractivity contribution in [2.24, 2.45) is 5.41 Å². The van der Waals surface area contributed by atoms with Gasteiger partial charge in [-0.2, -0.15) is 8.78 Å². The number of aliphatic hydroxyl groups is 1. The number of aromatic nitrogens is 2. The van der Waals surface area contributed by atoms with Crippen LogP contribution in [0.5, 0.6) is 5.75 Å². The summed E-state index contributed by atoms with van der Waals surface area (Å²) in [5.41, 5.74) is 5.49. The van der Waals surface area contributed by atoms with E-state index < -0.39 is 36.2 Å². The fraction of sp³-hybridized carbons (Fsp3) is 0.381. The molecule has 10 heteroatoms. The smallest absolute Gasteiger partial charge is 0.387 e. The van der Waals surface area contributed by atoms with Gasteiger partial charge in [0.2, 0.25) is 5.95 Å².